The van der Waals surface area contributed by atoms with E-state index >= 15 is 0 Å². The van der Waals surface area contributed by atoms with Crippen LogP contribution in [-0.2, 0) is 9.84 Å². The minimum Gasteiger partial charge on any atom is -0.396 e. The molecule has 0 aliphatic carbocycles. The van der Waals surface area contributed by atoms with E-state index < -0.39 is 15.7 Å². The molecule has 1 amide bonds. The Morgan fingerprint density at radius 1 is 1.40 bits per heavy atom. The molecule has 1 aliphatic rings. The molecular weight excluding hydrogens is 300 g/mol. The molecule has 0 unspecified atom stereocenters. The van der Waals surface area contributed by atoms with Crippen LogP contribution < -0.4 is 16.8 Å². The number of nitriles is 1. The van der Waals surface area contributed by atoms with Gasteiger partial charge < -0.3 is 16.8 Å². The zero-order valence-corrected chi connectivity index (χ0v) is 12.2. The first-order valence-electron chi connectivity index (χ1n) is 5.93. The Bertz CT molecular complexity index is 673. The quantitative estimate of drug-likeness (QED) is 0.732. The number of nitrogen functional groups attached to an aromatic ring is 1. The van der Waals surface area contributed by atoms with Crippen LogP contribution in [0, 0.1) is 11.3 Å². The van der Waals surface area contributed by atoms with Gasteiger partial charge >= 0.3 is 0 Å². The largest absolute Gasteiger partial charge is 0.396 e. The normalized spacial score (nSPS) is 18.4. The molecule has 0 aromatic carbocycles. The second-order valence-electron chi connectivity index (χ2n) is 4.60. The van der Waals surface area contributed by atoms with Crippen molar-refractivity contribution < 1.29 is 13.2 Å². The first kappa shape index (κ1) is 14.6. The topological polar surface area (TPSA) is 139 Å². The van der Waals surface area contributed by atoms with Gasteiger partial charge in [0.25, 0.3) is 5.91 Å². The summed E-state index contributed by atoms with van der Waals surface area (Å²) in [5, 5.41) is 12.5. The van der Waals surface area contributed by atoms with Crippen molar-refractivity contribution >= 4 is 37.8 Å². The molecule has 1 aliphatic heterocycles. The van der Waals surface area contributed by atoms with Gasteiger partial charge in [0.2, 0.25) is 0 Å². The fourth-order valence-corrected chi connectivity index (χ4v) is 4.58. The minimum absolute atomic E-state index is 0.0683. The van der Waals surface area contributed by atoms with Crippen LogP contribution in [-0.4, -0.2) is 31.9 Å². The van der Waals surface area contributed by atoms with Crippen LogP contribution in [0.1, 0.15) is 28.1 Å². The van der Waals surface area contributed by atoms with Gasteiger partial charge in [-0.2, -0.15) is 5.26 Å². The summed E-state index contributed by atoms with van der Waals surface area (Å²) in [6.45, 7) is 0. The van der Waals surface area contributed by atoms with Crippen LogP contribution >= 0.6 is 11.3 Å². The summed E-state index contributed by atoms with van der Waals surface area (Å²) >= 11 is 1.06. The lowest BCUT2D eigenvalue weighted by atomic mass is 10.1. The Kier molecular flexibility index (Phi) is 3.87. The van der Waals surface area contributed by atoms with Gasteiger partial charge in [0.1, 0.15) is 25.8 Å². The van der Waals surface area contributed by atoms with E-state index in [1.807, 2.05) is 6.07 Å². The Hall–Kier alpha value is -1.79. The summed E-state index contributed by atoms with van der Waals surface area (Å²) in [6.07, 6.45) is 0.917. The van der Waals surface area contributed by atoms with E-state index in [-0.39, 0.29) is 33.7 Å². The number of anilines is 2. The number of nitrogens with zero attached hydrogens (tertiary/aromatic N) is 1. The summed E-state index contributed by atoms with van der Waals surface area (Å²) in [5.74, 6) is -0.475. The molecule has 0 spiro atoms. The second kappa shape index (κ2) is 5.30. The highest BCUT2D eigenvalue weighted by Crippen LogP contribution is 2.36. The number of carbonyl (C=O) groups excluding carboxylic acids is 1. The van der Waals surface area contributed by atoms with Crippen LogP contribution in [0.15, 0.2) is 0 Å². The molecule has 5 N–H and O–H groups in total. The van der Waals surface area contributed by atoms with Gasteiger partial charge in [-0.1, -0.05) is 0 Å². The van der Waals surface area contributed by atoms with Gasteiger partial charge in [-0.15, -0.1) is 11.3 Å². The standard InChI is InChI=1S/C11H14N4O3S2/c12-5-7-9(13)8(10(14)16)11(19-7)15-6-1-3-20(17,18)4-2-6/h6,15H,1-4,13H2,(H2,14,16). The fourth-order valence-electron chi connectivity index (χ4n) is 2.09. The maximum absolute atomic E-state index is 11.4. The predicted molar refractivity (Wildman–Crippen MR) is 77.3 cm³/mol. The molecular formula is C11H14N4O3S2. The van der Waals surface area contributed by atoms with Gasteiger partial charge in [-0.05, 0) is 12.8 Å². The molecule has 1 fully saturated rings. The molecule has 1 saturated heterocycles. The van der Waals surface area contributed by atoms with Crippen LogP contribution in [0.4, 0.5) is 10.7 Å². The molecule has 9 heteroatoms. The molecule has 0 bridgehead atoms. The number of thiophene rings is 1. The van der Waals surface area contributed by atoms with Crippen molar-refractivity contribution in [2.45, 2.75) is 18.9 Å². The number of hydrogen-bond donors (Lipinski definition) is 3. The zero-order valence-electron chi connectivity index (χ0n) is 10.5. The lowest BCUT2D eigenvalue weighted by Gasteiger charge is -2.23. The molecule has 2 rings (SSSR count). The van der Waals surface area contributed by atoms with E-state index in [0.29, 0.717) is 17.8 Å². The van der Waals surface area contributed by atoms with Gasteiger partial charge in [0.05, 0.1) is 22.8 Å². The summed E-state index contributed by atoms with van der Waals surface area (Å²) in [6, 6.07) is 1.84. The summed E-state index contributed by atoms with van der Waals surface area (Å²) in [7, 11) is -2.95. The van der Waals surface area contributed by atoms with Crippen molar-refractivity contribution in [3.05, 3.63) is 10.4 Å². The van der Waals surface area contributed by atoms with E-state index in [4.69, 9.17) is 16.7 Å². The Labute approximate surface area is 120 Å². The lowest BCUT2D eigenvalue weighted by Crippen LogP contribution is -2.32. The van der Waals surface area contributed by atoms with Crippen molar-refractivity contribution in [3.8, 4) is 6.07 Å². The predicted octanol–water partition coefficient (Wildman–Crippen LogP) is 0.290. The van der Waals surface area contributed by atoms with Crippen LogP contribution in [0.25, 0.3) is 0 Å². The number of carbonyl (C=O) groups is 1. The number of nitrogens with one attached hydrogen (secondary N) is 1. The second-order valence-corrected chi connectivity index (χ2v) is 7.92. The van der Waals surface area contributed by atoms with Crippen molar-refractivity contribution in [2.24, 2.45) is 5.73 Å². The third-order valence-electron chi connectivity index (χ3n) is 3.18. The zero-order chi connectivity index (χ0) is 14.9. The van der Waals surface area contributed by atoms with E-state index in [1.54, 1.807) is 0 Å². The van der Waals surface area contributed by atoms with E-state index in [9.17, 15) is 13.2 Å². The number of amides is 1. The molecule has 108 valence electrons. The number of nitrogens with two attached hydrogens (primary N) is 2. The van der Waals surface area contributed by atoms with Crippen molar-refractivity contribution in [3.63, 3.8) is 0 Å². The first-order valence-corrected chi connectivity index (χ1v) is 8.57. The number of sulfone groups is 1. The molecule has 7 nitrogen and oxygen atoms in total. The highest BCUT2D eigenvalue weighted by Gasteiger charge is 2.26. The molecule has 0 radical (unpaired) electrons. The van der Waals surface area contributed by atoms with Crippen LogP contribution in [0.5, 0.6) is 0 Å². The summed E-state index contributed by atoms with van der Waals surface area (Å²) < 4.78 is 22.7. The molecule has 2 heterocycles. The Morgan fingerprint density at radius 2 is 2.00 bits per heavy atom. The Balaban J connectivity index is 2.22. The smallest absolute Gasteiger partial charge is 0.253 e. The third-order valence-corrected chi connectivity index (χ3v) is 5.94. The SMILES string of the molecule is N#Cc1sc(NC2CCS(=O)(=O)CC2)c(C(N)=O)c1N. The first-order chi connectivity index (χ1) is 9.34. The maximum Gasteiger partial charge on any atom is 0.253 e. The highest BCUT2D eigenvalue weighted by molar-refractivity contribution is 7.91. The molecule has 1 aromatic heterocycles. The fraction of sp³-hybridized carbons (Fsp3) is 0.455. The molecule has 1 aromatic rings. The number of rotatable bonds is 3. The van der Waals surface area contributed by atoms with Crippen LogP contribution in [0.3, 0.4) is 0 Å². The molecule has 0 atom stereocenters. The van der Waals surface area contributed by atoms with E-state index in [0.717, 1.165) is 11.3 Å². The highest BCUT2D eigenvalue weighted by atomic mass is 32.2. The third kappa shape index (κ3) is 2.86. The lowest BCUT2D eigenvalue weighted by molar-refractivity contribution is 0.100. The maximum atomic E-state index is 11.4. The number of primary amides is 1. The van der Waals surface area contributed by atoms with E-state index in [1.165, 1.54) is 0 Å². The average Bonchev–Trinajstić information content (AvgIpc) is 2.68. The van der Waals surface area contributed by atoms with Crippen molar-refractivity contribution in [2.75, 3.05) is 22.6 Å². The van der Waals surface area contributed by atoms with Gasteiger partial charge in [-0.3, -0.25) is 4.79 Å². The summed E-state index contributed by atoms with van der Waals surface area (Å²) in [5.41, 5.74) is 11.2. The Morgan fingerprint density at radius 3 is 2.50 bits per heavy atom. The minimum atomic E-state index is -2.95. The van der Waals surface area contributed by atoms with Gasteiger partial charge in [0.15, 0.2) is 0 Å². The molecule has 20 heavy (non-hydrogen) atoms. The monoisotopic (exact) mass is 314 g/mol. The molecule has 0 saturated carbocycles. The number of hydrogen-bond acceptors (Lipinski definition) is 7. The summed E-state index contributed by atoms with van der Waals surface area (Å²) in [4.78, 5) is 11.6. The average molecular weight is 314 g/mol. The van der Waals surface area contributed by atoms with Crippen molar-refractivity contribution in [1.29, 1.82) is 5.26 Å². The van der Waals surface area contributed by atoms with Gasteiger partial charge in [0, 0.05) is 6.04 Å². The van der Waals surface area contributed by atoms with E-state index in [2.05, 4.69) is 5.32 Å². The van der Waals surface area contributed by atoms with Crippen LogP contribution in [0.2, 0.25) is 0 Å². The van der Waals surface area contributed by atoms with Gasteiger partial charge in [-0.25, -0.2) is 8.42 Å². The van der Waals surface area contributed by atoms with Crippen molar-refractivity contribution in [1.82, 2.24) is 0 Å².